The first-order valence-corrected chi connectivity index (χ1v) is 14.6. The smallest absolute Gasteiger partial charge is 0.326 e. The molecule has 2 fully saturated rings. The van der Waals surface area contributed by atoms with E-state index in [2.05, 4.69) is 9.88 Å². The van der Waals surface area contributed by atoms with Gasteiger partial charge in [-0.1, -0.05) is 6.07 Å². The summed E-state index contributed by atoms with van der Waals surface area (Å²) in [7, 11) is 1.75. The molecule has 3 aromatic rings. The van der Waals surface area contributed by atoms with Crippen LogP contribution in [0.5, 0.6) is 0 Å². The summed E-state index contributed by atoms with van der Waals surface area (Å²) in [5.74, 6) is 0.736. The first-order valence-electron chi connectivity index (χ1n) is 14.6. The van der Waals surface area contributed by atoms with Gasteiger partial charge in [0.25, 0.3) is 5.56 Å². The average Bonchev–Trinajstić information content (AvgIpc) is 3.26. The zero-order chi connectivity index (χ0) is 29.3. The lowest BCUT2D eigenvalue weighted by atomic mass is 9.96. The fourth-order valence-corrected chi connectivity index (χ4v) is 5.85. The van der Waals surface area contributed by atoms with Crippen LogP contribution in [0.2, 0.25) is 0 Å². The highest BCUT2D eigenvalue weighted by Crippen LogP contribution is 2.29. The number of aliphatic hydroxyl groups excluding tert-OH is 1. The van der Waals surface area contributed by atoms with Crippen LogP contribution >= 0.6 is 0 Å². The van der Waals surface area contributed by atoms with Crippen LogP contribution < -0.4 is 10.9 Å². The van der Waals surface area contributed by atoms with Crippen molar-refractivity contribution in [2.45, 2.75) is 84.2 Å². The molecule has 220 valence electrons. The quantitative estimate of drug-likeness (QED) is 0.384. The largest absolute Gasteiger partial charge is 0.461 e. The Labute approximate surface area is 240 Å². The summed E-state index contributed by atoms with van der Waals surface area (Å²) in [4.78, 5) is 44.1. The molecule has 2 N–H and O–H groups in total. The molecule has 10 heteroatoms. The third kappa shape index (κ3) is 6.38. The summed E-state index contributed by atoms with van der Waals surface area (Å²) >= 11 is 0. The summed E-state index contributed by atoms with van der Waals surface area (Å²) < 4.78 is 9.32. The van der Waals surface area contributed by atoms with Crippen molar-refractivity contribution in [3.63, 3.8) is 0 Å². The Morgan fingerprint density at radius 2 is 1.98 bits per heavy atom. The van der Waals surface area contributed by atoms with Crippen LogP contribution in [-0.4, -0.2) is 67.3 Å². The number of nitrogens with one attached hydrogen (secondary N) is 1. The molecule has 1 aliphatic carbocycles. The molecule has 2 unspecified atom stereocenters. The topological polar surface area (TPSA) is 119 Å². The van der Waals surface area contributed by atoms with Crippen molar-refractivity contribution in [2.75, 3.05) is 13.1 Å². The van der Waals surface area contributed by atoms with Gasteiger partial charge in [0.05, 0.1) is 17.1 Å². The van der Waals surface area contributed by atoms with Crippen molar-refractivity contribution in [1.82, 2.24) is 24.3 Å². The molecular weight excluding hydrogens is 522 g/mol. The maximum absolute atomic E-state index is 12.7. The number of hydrogen-bond acceptors (Lipinski definition) is 7. The van der Waals surface area contributed by atoms with E-state index in [1.807, 2.05) is 42.3 Å². The van der Waals surface area contributed by atoms with Crippen LogP contribution in [0.4, 0.5) is 0 Å². The van der Waals surface area contributed by atoms with Gasteiger partial charge in [-0.25, -0.2) is 4.98 Å². The second-order valence-electron chi connectivity index (χ2n) is 11.8. The lowest BCUT2D eigenvalue weighted by molar-refractivity contribution is -0.158. The maximum atomic E-state index is 12.7. The molecule has 3 atom stereocenters. The fraction of sp³-hybridized carbons (Fsp3) is 0.548. The zero-order valence-corrected chi connectivity index (χ0v) is 24.4. The minimum Gasteiger partial charge on any atom is -0.461 e. The number of rotatable bonds is 9. The maximum Gasteiger partial charge on any atom is 0.326 e. The molecule has 1 aromatic carbocycles. The van der Waals surface area contributed by atoms with E-state index in [-0.39, 0.29) is 23.5 Å². The van der Waals surface area contributed by atoms with Gasteiger partial charge in [0.15, 0.2) is 0 Å². The first-order chi connectivity index (χ1) is 19.6. The molecule has 0 radical (unpaired) electrons. The number of carbonyl (C=O) groups excluding carboxylic acids is 2. The number of piperidine rings is 1. The number of aliphatic hydroxyl groups is 1. The lowest BCUT2D eigenvalue weighted by Crippen LogP contribution is -2.47. The molecule has 41 heavy (non-hydrogen) atoms. The number of pyridine rings is 1. The van der Waals surface area contributed by atoms with Crippen molar-refractivity contribution >= 4 is 22.9 Å². The minimum atomic E-state index is -0.893. The van der Waals surface area contributed by atoms with Crippen LogP contribution in [0.3, 0.4) is 0 Å². The van der Waals surface area contributed by atoms with Gasteiger partial charge in [-0.15, -0.1) is 0 Å². The number of likely N-dealkylation sites (tertiary alicyclic amines) is 1. The number of hydrogen-bond donors (Lipinski definition) is 2. The standard InChI is InChI=1S/C31H41N5O5/c1-19-13-24(18-34(4)30(19)39)29-33-26-14-22(15-32-28(20(2)37)31(40)41-25-8-5-9-25)10-11-27(26)36(29)17-23-7-6-12-35(16-23)21(3)38/h10-11,13-14,18,20,23,25,28,32,37H,5-9,12,15-17H2,1-4H3/t20?,23-,28?/m0/s1. The Kier molecular flexibility index (Phi) is 8.60. The van der Waals surface area contributed by atoms with Gasteiger partial charge in [0.1, 0.15) is 18.0 Å². The predicted octanol–water partition coefficient (Wildman–Crippen LogP) is 2.90. The molecule has 1 amide bonds. The monoisotopic (exact) mass is 563 g/mol. The third-order valence-corrected chi connectivity index (χ3v) is 8.44. The Bertz CT molecular complexity index is 1460. The zero-order valence-electron chi connectivity index (χ0n) is 24.4. The number of aromatic nitrogens is 3. The molecule has 0 spiro atoms. The highest BCUT2D eigenvalue weighted by molar-refractivity contribution is 5.81. The number of aryl methyl sites for hydroxylation is 2. The summed E-state index contributed by atoms with van der Waals surface area (Å²) in [6, 6.07) is 7.10. The molecule has 3 heterocycles. The minimum absolute atomic E-state index is 0.0438. The fourth-order valence-electron chi connectivity index (χ4n) is 5.85. The highest BCUT2D eigenvalue weighted by Gasteiger charge is 2.30. The van der Waals surface area contributed by atoms with Crippen LogP contribution in [-0.2, 0) is 34.5 Å². The number of nitrogens with zero attached hydrogens (tertiary/aromatic N) is 4. The number of amides is 1. The van der Waals surface area contributed by atoms with Gasteiger partial charge in [0, 0.05) is 57.5 Å². The molecule has 1 saturated carbocycles. The van der Waals surface area contributed by atoms with E-state index in [9.17, 15) is 19.5 Å². The second kappa shape index (κ2) is 12.2. The number of esters is 1. The van der Waals surface area contributed by atoms with Crippen molar-refractivity contribution in [3.8, 4) is 11.4 Å². The van der Waals surface area contributed by atoms with E-state index in [1.165, 1.54) is 0 Å². The molecule has 2 aliphatic rings. The molecule has 1 aliphatic heterocycles. The molecule has 0 bridgehead atoms. The normalized spacial score (nSPS) is 19.1. The van der Waals surface area contributed by atoms with Gasteiger partial charge in [-0.2, -0.15) is 0 Å². The number of benzene rings is 1. The van der Waals surface area contributed by atoms with Crippen molar-refractivity contribution in [3.05, 3.63) is 51.9 Å². The molecule has 2 aromatic heterocycles. The van der Waals surface area contributed by atoms with Gasteiger partial charge in [-0.3, -0.25) is 19.7 Å². The van der Waals surface area contributed by atoms with E-state index in [0.717, 1.165) is 66.6 Å². The molecule has 10 nitrogen and oxygen atoms in total. The van der Waals surface area contributed by atoms with Gasteiger partial charge in [-0.05, 0) is 75.6 Å². The van der Waals surface area contributed by atoms with Crippen molar-refractivity contribution < 1.29 is 19.4 Å². The van der Waals surface area contributed by atoms with Gasteiger partial charge < -0.3 is 23.9 Å². The Hall–Kier alpha value is -3.50. The van der Waals surface area contributed by atoms with E-state index < -0.39 is 18.1 Å². The van der Waals surface area contributed by atoms with E-state index >= 15 is 0 Å². The number of carbonyl (C=O) groups is 2. The predicted molar refractivity (Wildman–Crippen MR) is 156 cm³/mol. The molecule has 5 rings (SSSR count). The van der Waals surface area contributed by atoms with Crippen LogP contribution in [0.1, 0.15) is 57.1 Å². The average molecular weight is 564 g/mol. The van der Waals surface area contributed by atoms with Crippen LogP contribution in [0.15, 0.2) is 35.3 Å². The second-order valence-corrected chi connectivity index (χ2v) is 11.8. The molecule has 1 saturated heterocycles. The van der Waals surface area contributed by atoms with Crippen LogP contribution in [0, 0.1) is 12.8 Å². The third-order valence-electron chi connectivity index (χ3n) is 8.44. The van der Waals surface area contributed by atoms with Gasteiger partial charge in [0.2, 0.25) is 5.91 Å². The van der Waals surface area contributed by atoms with Crippen LogP contribution in [0.25, 0.3) is 22.4 Å². The number of fused-ring (bicyclic) bond motifs is 1. The summed E-state index contributed by atoms with van der Waals surface area (Å²) in [6.45, 7) is 7.59. The Morgan fingerprint density at radius 3 is 2.63 bits per heavy atom. The lowest BCUT2D eigenvalue weighted by Gasteiger charge is -2.32. The van der Waals surface area contributed by atoms with E-state index in [0.29, 0.717) is 25.2 Å². The highest BCUT2D eigenvalue weighted by atomic mass is 16.5. The summed E-state index contributed by atoms with van der Waals surface area (Å²) in [6.07, 6.45) is 5.69. The van der Waals surface area contributed by atoms with E-state index in [1.54, 1.807) is 25.5 Å². The van der Waals surface area contributed by atoms with Gasteiger partial charge >= 0.3 is 5.97 Å². The number of imidazole rings is 1. The van der Waals surface area contributed by atoms with Crippen molar-refractivity contribution in [1.29, 1.82) is 0 Å². The SMILES string of the molecule is CC(=O)N1CCC[C@H](Cn2c(-c3cc(C)c(=O)n(C)c3)nc3cc(CNC(C(=O)OC4CCC4)C(C)O)ccc32)C1. The van der Waals surface area contributed by atoms with Crippen molar-refractivity contribution in [2.24, 2.45) is 13.0 Å². The molecular formula is C31H41N5O5. The number of ether oxygens (including phenoxy) is 1. The summed E-state index contributed by atoms with van der Waals surface area (Å²) in [5.41, 5.74) is 4.15. The Balaban J connectivity index is 1.44. The van der Waals surface area contributed by atoms with E-state index in [4.69, 9.17) is 9.72 Å². The first kappa shape index (κ1) is 29.0. The Morgan fingerprint density at radius 1 is 1.20 bits per heavy atom. The summed E-state index contributed by atoms with van der Waals surface area (Å²) in [5, 5.41) is 13.4.